The van der Waals surface area contributed by atoms with Gasteiger partial charge in [-0.2, -0.15) is 4.98 Å². The third-order valence-corrected chi connectivity index (χ3v) is 5.72. The molecule has 0 spiro atoms. The van der Waals surface area contributed by atoms with E-state index < -0.39 is 5.54 Å². The molecule has 4 aliphatic rings. The molecule has 0 aromatic carbocycles. The van der Waals surface area contributed by atoms with Gasteiger partial charge in [-0.3, -0.25) is 0 Å². The minimum atomic E-state index is -0.535. The van der Waals surface area contributed by atoms with Gasteiger partial charge in [-0.1, -0.05) is 5.16 Å². The van der Waals surface area contributed by atoms with Gasteiger partial charge in [0.2, 0.25) is 5.89 Å². The molecule has 0 saturated heterocycles. The molecule has 0 aliphatic heterocycles. The highest BCUT2D eigenvalue weighted by atomic mass is 16.5. The molecule has 4 aliphatic carbocycles. The van der Waals surface area contributed by atoms with Gasteiger partial charge in [-0.05, 0) is 75.5 Å². The zero-order valence-electron chi connectivity index (χ0n) is 12.6. The number of aromatic nitrogens is 2. The molecule has 0 unspecified atom stereocenters. The van der Waals surface area contributed by atoms with Gasteiger partial charge in [0.25, 0.3) is 0 Å². The third-order valence-electron chi connectivity index (χ3n) is 5.72. The minimum Gasteiger partial charge on any atom is -0.337 e. The summed E-state index contributed by atoms with van der Waals surface area (Å²) >= 11 is 0. The first-order valence-corrected chi connectivity index (χ1v) is 8.04. The molecule has 0 atom stereocenters. The van der Waals surface area contributed by atoms with Crippen molar-refractivity contribution in [1.82, 2.24) is 10.1 Å². The molecule has 20 heavy (non-hydrogen) atoms. The van der Waals surface area contributed by atoms with Gasteiger partial charge in [-0.25, -0.2) is 0 Å². The maximum absolute atomic E-state index is 6.03. The lowest BCUT2D eigenvalue weighted by molar-refractivity contribution is -0.0533. The van der Waals surface area contributed by atoms with Crippen molar-refractivity contribution in [1.29, 1.82) is 0 Å². The van der Waals surface area contributed by atoms with E-state index in [1.165, 1.54) is 38.5 Å². The molecular weight excluding hydrogens is 250 g/mol. The Morgan fingerprint density at radius 2 is 1.70 bits per heavy atom. The molecule has 5 rings (SSSR count). The minimum absolute atomic E-state index is 0.467. The smallest absolute Gasteiger partial charge is 0.246 e. The fraction of sp³-hybridized carbons (Fsp3) is 0.875. The van der Waals surface area contributed by atoms with Crippen LogP contribution in [0.15, 0.2) is 4.52 Å². The fourth-order valence-electron chi connectivity index (χ4n) is 5.43. The Bertz CT molecular complexity index is 479. The normalized spacial score (nSPS) is 39.5. The second-order valence-electron chi connectivity index (χ2n) is 8.33. The number of rotatable bonds is 3. The number of nitrogens with zero attached hydrogens (tertiary/aromatic N) is 2. The highest BCUT2D eigenvalue weighted by molar-refractivity contribution is 5.06. The molecule has 4 saturated carbocycles. The zero-order chi connectivity index (χ0) is 14.0. The zero-order valence-corrected chi connectivity index (χ0v) is 12.6. The summed E-state index contributed by atoms with van der Waals surface area (Å²) < 4.78 is 5.36. The van der Waals surface area contributed by atoms with Gasteiger partial charge >= 0.3 is 0 Å². The molecule has 1 aromatic rings. The molecule has 0 amide bonds. The van der Waals surface area contributed by atoms with Crippen molar-refractivity contribution in [2.45, 2.75) is 64.3 Å². The second kappa shape index (κ2) is 4.06. The van der Waals surface area contributed by atoms with Crippen LogP contribution in [0.4, 0.5) is 0 Å². The van der Waals surface area contributed by atoms with Crippen LogP contribution in [-0.2, 0) is 12.0 Å². The van der Waals surface area contributed by atoms with Gasteiger partial charge in [0.05, 0.1) is 5.54 Å². The second-order valence-corrected chi connectivity index (χ2v) is 8.33. The van der Waals surface area contributed by atoms with E-state index in [2.05, 4.69) is 10.1 Å². The van der Waals surface area contributed by atoms with Crippen LogP contribution < -0.4 is 5.73 Å². The summed E-state index contributed by atoms with van der Waals surface area (Å²) in [5, 5.41) is 4.19. The van der Waals surface area contributed by atoms with Crippen LogP contribution in [0.2, 0.25) is 0 Å². The summed E-state index contributed by atoms with van der Waals surface area (Å²) in [7, 11) is 0. The molecule has 4 heteroatoms. The SMILES string of the molecule is CC(C)(N)c1nc(CC23CC4CC(CC(C4)C2)C3)no1. The fourth-order valence-corrected chi connectivity index (χ4v) is 5.43. The molecule has 2 N–H and O–H groups in total. The van der Waals surface area contributed by atoms with Crippen LogP contribution in [0, 0.1) is 23.2 Å². The summed E-state index contributed by atoms with van der Waals surface area (Å²) in [6.07, 6.45) is 9.58. The highest BCUT2D eigenvalue weighted by Crippen LogP contribution is 2.60. The monoisotopic (exact) mass is 275 g/mol. The van der Waals surface area contributed by atoms with Crippen LogP contribution >= 0.6 is 0 Å². The molecule has 4 fully saturated rings. The summed E-state index contributed by atoms with van der Waals surface area (Å²) in [6.45, 7) is 3.82. The van der Waals surface area contributed by atoms with Gasteiger partial charge in [0, 0.05) is 6.42 Å². The van der Waals surface area contributed by atoms with Crippen molar-refractivity contribution >= 4 is 0 Å². The molecule has 4 bridgehead atoms. The molecule has 110 valence electrons. The number of hydrogen-bond acceptors (Lipinski definition) is 4. The lowest BCUT2D eigenvalue weighted by atomic mass is 9.49. The average molecular weight is 275 g/mol. The Hall–Kier alpha value is -0.900. The lowest BCUT2D eigenvalue weighted by Gasteiger charge is -2.56. The lowest BCUT2D eigenvalue weighted by Crippen LogP contribution is -2.47. The first-order valence-electron chi connectivity index (χ1n) is 8.04. The van der Waals surface area contributed by atoms with E-state index in [1.807, 2.05) is 13.8 Å². The topological polar surface area (TPSA) is 64.9 Å². The van der Waals surface area contributed by atoms with Gasteiger partial charge in [0.1, 0.15) is 0 Å². The number of nitrogens with two attached hydrogens (primary N) is 1. The summed E-state index contributed by atoms with van der Waals surface area (Å²) in [4.78, 5) is 4.55. The maximum Gasteiger partial charge on any atom is 0.246 e. The van der Waals surface area contributed by atoms with Crippen LogP contribution in [0.25, 0.3) is 0 Å². The summed E-state index contributed by atoms with van der Waals surface area (Å²) in [6, 6.07) is 0. The van der Waals surface area contributed by atoms with Gasteiger partial charge < -0.3 is 10.3 Å². The first kappa shape index (κ1) is 12.8. The van der Waals surface area contributed by atoms with E-state index >= 15 is 0 Å². The van der Waals surface area contributed by atoms with E-state index in [0.717, 1.165) is 30.0 Å². The molecular formula is C16H25N3O. The maximum atomic E-state index is 6.03. The first-order chi connectivity index (χ1) is 9.42. The standard InChI is InChI=1S/C16H25N3O/c1-15(2,17)14-18-13(19-20-14)9-16-6-10-3-11(7-16)5-12(4-10)8-16/h10-12H,3-9,17H2,1-2H3. The van der Waals surface area contributed by atoms with Crippen molar-refractivity contribution in [2.24, 2.45) is 28.9 Å². The van der Waals surface area contributed by atoms with Crippen LogP contribution in [0.1, 0.15) is 64.1 Å². The van der Waals surface area contributed by atoms with Gasteiger partial charge in [-0.15, -0.1) is 0 Å². The van der Waals surface area contributed by atoms with E-state index in [0.29, 0.717) is 11.3 Å². The van der Waals surface area contributed by atoms with Crippen molar-refractivity contribution in [3.05, 3.63) is 11.7 Å². The Labute approximate surface area is 120 Å². The van der Waals surface area contributed by atoms with Crippen molar-refractivity contribution in [2.75, 3.05) is 0 Å². The Balaban J connectivity index is 1.55. The third kappa shape index (κ3) is 2.09. The Morgan fingerprint density at radius 3 is 2.15 bits per heavy atom. The predicted molar refractivity (Wildman–Crippen MR) is 75.8 cm³/mol. The average Bonchev–Trinajstić information content (AvgIpc) is 2.74. The summed E-state index contributed by atoms with van der Waals surface area (Å²) in [5.74, 6) is 4.36. The Kier molecular flexibility index (Phi) is 2.60. The molecule has 1 heterocycles. The van der Waals surface area contributed by atoms with Crippen molar-refractivity contribution in [3.63, 3.8) is 0 Å². The van der Waals surface area contributed by atoms with E-state index in [9.17, 15) is 0 Å². The van der Waals surface area contributed by atoms with E-state index in [1.54, 1.807) is 0 Å². The Morgan fingerprint density at radius 1 is 1.15 bits per heavy atom. The van der Waals surface area contributed by atoms with Crippen LogP contribution in [0.3, 0.4) is 0 Å². The van der Waals surface area contributed by atoms with Crippen LogP contribution in [-0.4, -0.2) is 10.1 Å². The summed E-state index contributed by atoms with van der Waals surface area (Å²) in [5.41, 5.74) is 5.97. The quantitative estimate of drug-likeness (QED) is 0.921. The highest BCUT2D eigenvalue weighted by Gasteiger charge is 2.51. The predicted octanol–water partition coefficient (Wildman–Crippen LogP) is 3.02. The van der Waals surface area contributed by atoms with Crippen molar-refractivity contribution < 1.29 is 4.52 Å². The van der Waals surface area contributed by atoms with E-state index in [4.69, 9.17) is 10.3 Å². The van der Waals surface area contributed by atoms with Crippen molar-refractivity contribution in [3.8, 4) is 0 Å². The largest absolute Gasteiger partial charge is 0.337 e. The molecule has 1 aromatic heterocycles. The van der Waals surface area contributed by atoms with Gasteiger partial charge in [0.15, 0.2) is 5.82 Å². The molecule has 4 nitrogen and oxygen atoms in total. The molecule has 0 radical (unpaired) electrons. The van der Waals surface area contributed by atoms with E-state index in [-0.39, 0.29) is 0 Å². The van der Waals surface area contributed by atoms with Crippen LogP contribution in [0.5, 0.6) is 0 Å². The number of hydrogen-bond donors (Lipinski definition) is 1.